The molecule has 0 aliphatic carbocycles. The molecule has 0 atom stereocenters. The van der Waals surface area contributed by atoms with Gasteiger partial charge >= 0.3 is 5.97 Å². The molecule has 2 aromatic carbocycles. The first-order chi connectivity index (χ1) is 8.90. The minimum absolute atomic E-state index is 0.115. The molecule has 0 aliphatic rings. The minimum atomic E-state index is -1.29. The smallest absolute Gasteiger partial charge is 0.335 e. The van der Waals surface area contributed by atoms with Gasteiger partial charge in [-0.2, -0.15) is 0 Å². The number of benzene rings is 2. The largest absolute Gasteiger partial charge is 0.478 e. The molecule has 1 N–H and O–H groups in total. The van der Waals surface area contributed by atoms with Crippen LogP contribution in [0, 0.1) is 24.4 Å². The van der Waals surface area contributed by atoms with Gasteiger partial charge in [0.25, 0.3) is 0 Å². The Bertz CT molecular complexity index is 666. The van der Waals surface area contributed by atoms with Crippen molar-refractivity contribution in [1.29, 1.82) is 0 Å². The summed E-state index contributed by atoms with van der Waals surface area (Å²) in [5.41, 5.74) is -0.558. The Morgan fingerprint density at radius 1 is 0.947 bits per heavy atom. The fourth-order valence-electron chi connectivity index (χ4n) is 1.72. The van der Waals surface area contributed by atoms with Crippen LogP contribution < -0.4 is 0 Å². The molecule has 0 amide bonds. The van der Waals surface area contributed by atoms with E-state index in [9.17, 15) is 18.0 Å². The van der Waals surface area contributed by atoms with Gasteiger partial charge in [0.1, 0.15) is 17.5 Å². The monoisotopic (exact) mass is 266 g/mol. The Balaban J connectivity index is 2.59. The van der Waals surface area contributed by atoms with Crippen LogP contribution in [-0.2, 0) is 0 Å². The standard InChI is InChI=1S/C14H9F3O2/c1-7-4-12(16)10(6-11(7)15)9-3-2-8(14(18)19)5-13(9)17/h2-6H,1H3,(H,18,19). The Morgan fingerprint density at radius 2 is 1.58 bits per heavy atom. The highest BCUT2D eigenvalue weighted by atomic mass is 19.1. The van der Waals surface area contributed by atoms with Crippen molar-refractivity contribution in [2.75, 3.05) is 0 Å². The van der Waals surface area contributed by atoms with E-state index in [0.29, 0.717) is 0 Å². The Kier molecular flexibility index (Phi) is 3.29. The van der Waals surface area contributed by atoms with E-state index in [4.69, 9.17) is 5.11 Å². The molecule has 2 rings (SSSR count). The molecule has 2 nitrogen and oxygen atoms in total. The molecule has 0 unspecified atom stereocenters. The molecular formula is C14H9F3O2. The zero-order valence-corrected chi connectivity index (χ0v) is 9.88. The molecule has 0 saturated heterocycles. The molecule has 0 aliphatic heterocycles. The second kappa shape index (κ2) is 4.76. The van der Waals surface area contributed by atoms with Crippen LogP contribution in [0.4, 0.5) is 13.2 Å². The second-order valence-corrected chi connectivity index (χ2v) is 4.08. The maximum atomic E-state index is 13.8. The summed E-state index contributed by atoms with van der Waals surface area (Å²) in [5, 5.41) is 8.71. The van der Waals surface area contributed by atoms with Crippen LogP contribution in [0.3, 0.4) is 0 Å². The number of carboxylic acid groups (broad SMARTS) is 1. The fraction of sp³-hybridized carbons (Fsp3) is 0.0714. The number of rotatable bonds is 2. The van der Waals surface area contributed by atoms with Crippen molar-refractivity contribution in [3.63, 3.8) is 0 Å². The third-order valence-corrected chi connectivity index (χ3v) is 2.75. The van der Waals surface area contributed by atoms with Gasteiger partial charge in [-0.15, -0.1) is 0 Å². The number of halogens is 3. The Labute approximate surface area is 107 Å². The summed E-state index contributed by atoms with van der Waals surface area (Å²) in [6, 6.07) is 4.89. The first kappa shape index (κ1) is 13.1. The van der Waals surface area contributed by atoms with Crippen molar-refractivity contribution >= 4 is 5.97 Å². The van der Waals surface area contributed by atoms with Crippen LogP contribution in [-0.4, -0.2) is 11.1 Å². The van der Waals surface area contributed by atoms with Gasteiger partial charge in [0.05, 0.1) is 5.56 Å². The van der Waals surface area contributed by atoms with Crippen molar-refractivity contribution in [3.05, 3.63) is 58.9 Å². The van der Waals surface area contributed by atoms with E-state index in [1.807, 2.05) is 0 Å². The lowest BCUT2D eigenvalue weighted by molar-refractivity contribution is 0.0696. The zero-order chi connectivity index (χ0) is 14.2. The van der Waals surface area contributed by atoms with Gasteiger partial charge in [0.2, 0.25) is 0 Å². The molecule has 2 aromatic rings. The highest BCUT2D eigenvalue weighted by Gasteiger charge is 2.15. The maximum absolute atomic E-state index is 13.8. The molecule has 19 heavy (non-hydrogen) atoms. The maximum Gasteiger partial charge on any atom is 0.335 e. The third kappa shape index (κ3) is 2.45. The third-order valence-electron chi connectivity index (χ3n) is 2.75. The predicted octanol–water partition coefficient (Wildman–Crippen LogP) is 3.78. The van der Waals surface area contributed by atoms with Crippen molar-refractivity contribution in [2.24, 2.45) is 0 Å². The molecular weight excluding hydrogens is 257 g/mol. The molecule has 0 fully saturated rings. The molecule has 0 radical (unpaired) electrons. The van der Waals surface area contributed by atoms with Crippen molar-refractivity contribution in [1.82, 2.24) is 0 Å². The second-order valence-electron chi connectivity index (χ2n) is 4.08. The number of aromatic carboxylic acids is 1. The summed E-state index contributed by atoms with van der Waals surface area (Å²) in [7, 11) is 0. The van der Waals surface area contributed by atoms with E-state index in [-0.39, 0.29) is 22.3 Å². The number of hydrogen-bond donors (Lipinski definition) is 1. The fourth-order valence-corrected chi connectivity index (χ4v) is 1.72. The quantitative estimate of drug-likeness (QED) is 0.898. The summed E-state index contributed by atoms with van der Waals surface area (Å²) in [6.07, 6.45) is 0. The van der Waals surface area contributed by atoms with Crippen LogP contribution in [0.25, 0.3) is 11.1 Å². The highest BCUT2D eigenvalue weighted by Crippen LogP contribution is 2.28. The van der Waals surface area contributed by atoms with Gasteiger partial charge in [-0.05, 0) is 36.8 Å². The highest BCUT2D eigenvalue weighted by molar-refractivity contribution is 5.88. The Morgan fingerprint density at radius 3 is 2.16 bits per heavy atom. The molecule has 98 valence electrons. The lowest BCUT2D eigenvalue weighted by atomic mass is 10.0. The molecule has 0 bridgehead atoms. The SMILES string of the molecule is Cc1cc(F)c(-c2ccc(C(=O)O)cc2F)cc1F. The van der Waals surface area contributed by atoms with Crippen molar-refractivity contribution < 1.29 is 23.1 Å². The molecule has 5 heteroatoms. The molecule has 0 spiro atoms. The van der Waals surface area contributed by atoms with Gasteiger partial charge in [-0.3, -0.25) is 0 Å². The zero-order valence-electron chi connectivity index (χ0n) is 9.88. The summed E-state index contributed by atoms with van der Waals surface area (Å²) < 4.78 is 40.9. The average molecular weight is 266 g/mol. The van der Waals surface area contributed by atoms with Gasteiger partial charge in [-0.1, -0.05) is 6.07 Å². The van der Waals surface area contributed by atoms with E-state index < -0.39 is 23.4 Å². The number of aryl methyl sites for hydroxylation is 1. The van der Waals surface area contributed by atoms with Crippen molar-refractivity contribution in [3.8, 4) is 11.1 Å². The minimum Gasteiger partial charge on any atom is -0.478 e. The van der Waals surface area contributed by atoms with E-state index in [2.05, 4.69) is 0 Å². The summed E-state index contributed by atoms with van der Waals surface area (Å²) >= 11 is 0. The van der Waals surface area contributed by atoms with E-state index in [0.717, 1.165) is 30.3 Å². The van der Waals surface area contributed by atoms with Gasteiger partial charge < -0.3 is 5.11 Å². The molecule has 0 saturated carbocycles. The van der Waals surface area contributed by atoms with Crippen LogP contribution in [0.1, 0.15) is 15.9 Å². The van der Waals surface area contributed by atoms with Crippen LogP contribution in [0.2, 0.25) is 0 Å². The van der Waals surface area contributed by atoms with Crippen LogP contribution >= 0.6 is 0 Å². The first-order valence-electron chi connectivity index (χ1n) is 5.39. The van der Waals surface area contributed by atoms with E-state index in [1.54, 1.807) is 0 Å². The van der Waals surface area contributed by atoms with Crippen molar-refractivity contribution in [2.45, 2.75) is 6.92 Å². The number of carboxylic acids is 1. The summed E-state index contributed by atoms with van der Waals surface area (Å²) in [4.78, 5) is 10.7. The van der Waals surface area contributed by atoms with Crippen LogP contribution in [0.5, 0.6) is 0 Å². The topological polar surface area (TPSA) is 37.3 Å². The first-order valence-corrected chi connectivity index (χ1v) is 5.39. The lowest BCUT2D eigenvalue weighted by Crippen LogP contribution is -1.99. The van der Waals surface area contributed by atoms with E-state index >= 15 is 0 Å². The lowest BCUT2D eigenvalue weighted by Gasteiger charge is -2.07. The molecule has 0 heterocycles. The van der Waals surface area contributed by atoms with E-state index in [1.165, 1.54) is 6.92 Å². The number of hydrogen-bond acceptors (Lipinski definition) is 1. The summed E-state index contributed by atoms with van der Waals surface area (Å²) in [6.45, 7) is 1.39. The van der Waals surface area contributed by atoms with Crippen LogP contribution in [0.15, 0.2) is 30.3 Å². The van der Waals surface area contributed by atoms with Gasteiger partial charge in [0, 0.05) is 11.1 Å². The summed E-state index contributed by atoms with van der Waals surface area (Å²) in [5.74, 6) is -3.62. The molecule has 0 aromatic heterocycles. The van der Waals surface area contributed by atoms with Gasteiger partial charge in [0.15, 0.2) is 0 Å². The number of carbonyl (C=O) groups is 1. The predicted molar refractivity (Wildman–Crippen MR) is 63.4 cm³/mol. The van der Waals surface area contributed by atoms with Gasteiger partial charge in [-0.25, -0.2) is 18.0 Å². The Hall–Kier alpha value is -2.30. The average Bonchev–Trinajstić information content (AvgIpc) is 2.34. The normalized spacial score (nSPS) is 10.5.